The number of halogens is 1. The van der Waals surface area contributed by atoms with Gasteiger partial charge in [-0.15, -0.1) is 0 Å². The Balaban J connectivity index is 1.71. The molecule has 0 bridgehead atoms. The molecule has 1 aliphatic heterocycles. The van der Waals surface area contributed by atoms with Crippen molar-refractivity contribution in [3.8, 4) is 5.75 Å². The van der Waals surface area contributed by atoms with Gasteiger partial charge in [-0.05, 0) is 48.6 Å². The van der Waals surface area contributed by atoms with Gasteiger partial charge in [-0.1, -0.05) is 30.3 Å². The van der Waals surface area contributed by atoms with Gasteiger partial charge >= 0.3 is 0 Å². The molecule has 7 heteroatoms. The number of rotatable bonds is 10. The average Bonchev–Trinajstić information content (AvgIpc) is 3.14. The fraction of sp³-hybridized carbons (Fsp3) is 0.417. The largest absolute Gasteiger partial charge is 0.497 e. The molecule has 0 aromatic heterocycles. The van der Waals surface area contributed by atoms with E-state index in [0.717, 1.165) is 5.56 Å². The zero-order chi connectivity index (χ0) is 22.3. The Morgan fingerprint density at radius 3 is 2.68 bits per heavy atom. The number of ether oxygens (including phenoxy) is 1. The summed E-state index contributed by atoms with van der Waals surface area (Å²) in [5.74, 6) is -0.0145. The molecule has 2 N–H and O–H groups in total. The number of carbonyl (C=O) groups excluding carboxylic acids is 2. The molecule has 0 spiro atoms. The molecule has 3 rings (SSSR count). The summed E-state index contributed by atoms with van der Waals surface area (Å²) in [4.78, 5) is 26.6. The predicted octanol–water partition coefficient (Wildman–Crippen LogP) is 2.83. The van der Waals surface area contributed by atoms with Gasteiger partial charge in [-0.25, -0.2) is 4.39 Å². The van der Waals surface area contributed by atoms with Gasteiger partial charge in [-0.2, -0.15) is 0 Å². The van der Waals surface area contributed by atoms with Gasteiger partial charge < -0.3 is 20.1 Å². The third kappa shape index (κ3) is 6.04. The van der Waals surface area contributed by atoms with E-state index in [4.69, 9.17) is 4.74 Å². The molecule has 2 aromatic carbocycles. The van der Waals surface area contributed by atoms with E-state index in [0.29, 0.717) is 37.1 Å². The molecule has 1 fully saturated rings. The molecule has 0 radical (unpaired) electrons. The van der Waals surface area contributed by atoms with E-state index in [1.165, 1.54) is 13.2 Å². The molecular formula is C24H29FN2O4. The Bertz CT molecular complexity index is 906. The lowest BCUT2D eigenvalue weighted by atomic mass is 9.84. The second kappa shape index (κ2) is 10.4. The zero-order valence-electron chi connectivity index (χ0n) is 17.8. The Labute approximate surface area is 182 Å². The second-order valence-electron chi connectivity index (χ2n) is 7.99. The van der Waals surface area contributed by atoms with Gasteiger partial charge in [0.1, 0.15) is 11.6 Å². The van der Waals surface area contributed by atoms with Crippen molar-refractivity contribution in [2.24, 2.45) is 0 Å². The number of carbonyl (C=O) groups is 2. The quantitative estimate of drug-likeness (QED) is 0.610. The Morgan fingerprint density at radius 1 is 1.26 bits per heavy atom. The highest BCUT2D eigenvalue weighted by Gasteiger charge is 2.39. The number of nitrogens with one attached hydrogen (secondary N) is 1. The molecule has 31 heavy (non-hydrogen) atoms. The number of nitrogens with zero attached hydrogens (tertiary/aromatic N) is 1. The first-order valence-corrected chi connectivity index (χ1v) is 10.5. The lowest BCUT2D eigenvalue weighted by Gasteiger charge is -2.31. The standard InChI is InChI=1S/C24H29FN2O4/c1-31-20-7-8-21(25)19(15-20)16-24(11-9-22(29)26-24)12-10-23(30)27(13-14-28)17-18-5-3-2-4-6-18/h2-8,15,28H,9-14,16-17H2,1H3,(H,26,29)/t24-/m1/s1. The molecule has 0 aliphatic carbocycles. The highest BCUT2D eigenvalue weighted by atomic mass is 19.1. The summed E-state index contributed by atoms with van der Waals surface area (Å²) in [5.41, 5.74) is 0.745. The Hall–Kier alpha value is -2.93. The maximum Gasteiger partial charge on any atom is 0.223 e. The van der Waals surface area contributed by atoms with Crippen molar-refractivity contribution in [3.63, 3.8) is 0 Å². The van der Waals surface area contributed by atoms with E-state index in [9.17, 15) is 19.1 Å². The summed E-state index contributed by atoms with van der Waals surface area (Å²) in [6.45, 7) is 0.511. The predicted molar refractivity (Wildman–Crippen MR) is 115 cm³/mol. The number of hydrogen-bond acceptors (Lipinski definition) is 4. The van der Waals surface area contributed by atoms with Gasteiger partial charge in [0.05, 0.1) is 13.7 Å². The lowest BCUT2D eigenvalue weighted by molar-refractivity contribution is -0.133. The topological polar surface area (TPSA) is 78.9 Å². The minimum atomic E-state index is -0.683. The van der Waals surface area contributed by atoms with Crippen molar-refractivity contribution >= 4 is 11.8 Å². The minimum Gasteiger partial charge on any atom is -0.497 e. The van der Waals surface area contributed by atoms with Crippen LogP contribution in [0.15, 0.2) is 48.5 Å². The molecule has 0 saturated carbocycles. The molecule has 2 amide bonds. The van der Waals surface area contributed by atoms with E-state index < -0.39 is 5.54 Å². The van der Waals surface area contributed by atoms with Crippen molar-refractivity contribution in [2.75, 3.05) is 20.3 Å². The van der Waals surface area contributed by atoms with Crippen LogP contribution in [-0.2, 0) is 22.6 Å². The van der Waals surface area contributed by atoms with Crippen molar-refractivity contribution in [3.05, 3.63) is 65.5 Å². The van der Waals surface area contributed by atoms with E-state index >= 15 is 0 Å². The van der Waals surface area contributed by atoms with Crippen molar-refractivity contribution in [1.82, 2.24) is 10.2 Å². The first kappa shape index (κ1) is 22.7. The van der Waals surface area contributed by atoms with Crippen LogP contribution in [-0.4, -0.2) is 47.6 Å². The summed E-state index contributed by atoms with van der Waals surface area (Å²) in [5, 5.41) is 12.4. The average molecular weight is 429 g/mol. The van der Waals surface area contributed by atoms with Gasteiger partial charge in [0.25, 0.3) is 0 Å². The summed E-state index contributed by atoms with van der Waals surface area (Å²) in [6.07, 6.45) is 1.76. The summed E-state index contributed by atoms with van der Waals surface area (Å²) >= 11 is 0. The number of amides is 2. The summed E-state index contributed by atoms with van der Waals surface area (Å²) < 4.78 is 19.6. The smallest absolute Gasteiger partial charge is 0.223 e. The highest BCUT2D eigenvalue weighted by Crippen LogP contribution is 2.32. The maximum atomic E-state index is 14.4. The van der Waals surface area contributed by atoms with Crippen LogP contribution in [0.2, 0.25) is 0 Å². The van der Waals surface area contributed by atoms with Crippen LogP contribution >= 0.6 is 0 Å². The number of benzene rings is 2. The van der Waals surface area contributed by atoms with Crippen LogP contribution in [0.3, 0.4) is 0 Å². The molecule has 2 aromatic rings. The van der Waals surface area contributed by atoms with E-state index in [1.807, 2.05) is 30.3 Å². The van der Waals surface area contributed by atoms with Crippen molar-refractivity contribution in [2.45, 2.75) is 44.2 Å². The molecule has 166 valence electrons. The fourth-order valence-corrected chi connectivity index (χ4v) is 4.08. The van der Waals surface area contributed by atoms with Crippen molar-refractivity contribution in [1.29, 1.82) is 0 Å². The number of aliphatic hydroxyl groups excluding tert-OH is 1. The molecule has 6 nitrogen and oxygen atoms in total. The fourth-order valence-electron chi connectivity index (χ4n) is 4.08. The first-order chi connectivity index (χ1) is 14.9. The second-order valence-corrected chi connectivity index (χ2v) is 7.99. The molecule has 1 heterocycles. The van der Waals surface area contributed by atoms with Crippen LogP contribution in [0.5, 0.6) is 5.75 Å². The molecule has 0 unspecified atom stereocenters. The highest BCUT2D eigenvalue weighted by molar-refractivity contribution is 5.80. The number of aliphatic hydroxyl groups is 1. The van der Waals surface area contributed by atoms with E-state index in [1.54, 1.807) is 17.0 Å². The normalized spacial score (nSPS) is 18.0. The lowest BCUT2D eigenvalue weighted by Crippen LogP contribution is -2.45. The van der Waals surface area contributed by atoms with Crippen LogP contribution in [0.4, 0.5) is 4.39 Å². The van der Waals surface area contributed by atoms with E-state index in [-0.39, 0.29) is 43.6 Å². The molecule has 1 saturated heterocycles. The minimum absolute atomic E-state index is 0.0905. The van der Waals surface area contributed by atoms with Crippen LogP contribution in [0.25, 0.3) is 0 Å². The summed E-state index contributed by atoms with van der Waals surface area (Å²) in [7, 11) is 1.52. The van der Waals surface area contributed by atoms with Gasteiger partial charge in [0, 0.05) is 31.5 Å². The van der Waals surface area contributed by atoms with Crippen LogP contribution in [0.1, 0.15) is 36.8 Å². The number of hydrogen-bond donors (Lipinski definition) is 2. The molecule has 1 atom stereocenters. The molecular weight excluding hydrogens is 399 g/mol. The Morgan fingerprint density at radius 2 is 2.03 bits per heavy atom. The van der Waals surface area contributed by atoms with Crippen LogP contribution < -0.4 is 10.1 Å². The SMILES string of the molecule is COc1ccc(F)c(C[C@]2(CCC(=O)N(CCO)Cc3ccccc3)CCC(=O)N2)c1. The van der Waals surface area contributed by atoms with Gasteiger partial charge in [0.15, 0.2) is 0 Å². The third-order valence-electron chi connectivity index (χ3n) is 5.77. The van der Waals surface area contributed by atoms with Crippen LogP contribution in [0, 0.1) is 5.82 Å². The third-order valence-corrected chi connectivity index (χ3v) is 5.77. The van der Waals surface area contributed by atoms with Gasteiger partial charge in [0.2, 0.25) is 11.8 Å². The maximum absolute atomic E-state index is 14.4. The van der Waals surface area contributed by atoms with Gasteiger partial charge in [-0.3, -0.25) is 9.59 Å². The molecule has 1 aliphatic rings. The van der Waals surface area contributed by atoms with E-state index in [2.05, 4.69) is 5.32 Å². The van der Waals surface area contributed by atoms with Crippen molar-refractivity contribution < 1.29 is 23.8 Å². The zero-order valence-corrected chi connectivity index (χ0v) is 17.8. The number of methoxy groups -OCH3 is 1. The summed E-state index contributed by atoms with van der Waals surface area (Å²) in [6, 6.07) is 14.1. The monoisotopic (exact) mass is 428 g/mol. The first-order valence-electron chi connectivity index (χ1n) is 10.5. The Kier molecular flexibility index (Phi) is 7.63.